The third kappa shape index (κ3) is 4.30. The third-order valence-corrected chi connectivity index (χ3v) is 10.6. The van der Waals surface area contributed by atoms with E-state index < -0.39 is 0 Å². The monoisotopic (exact) mass is 661 g/mol. The zero-order chi connectivity index (χ0) is 34.2. The fraction of sp³-hybridized carbons (Fsp3) is 0. The lowest BCUT2D eigenvalue weighted by molar-refractivity contribution is 1.18. The van der Waals surface area contributed by atoms with Crippen LogP contribution >= 0.6 is 0 Å². The molecule has 0 fully saturated rings. The molecule has 3 heteroatoms. The first-order chi connectivity index (χ1) is 25.8. The lowest BCUT2D eigenvalue weighted by Gasteiger charge is -2.15. The number of aromatic nitrogens is 3. The van der Waals surface area contributed by atoms with Crippen LogP contribution in [0.1, 0.15) is 0 Å². The van der Waals surface area contributed by atoms with E-state index in [9.17, 15) is 0 Å². The van der Waals surface area contributed by atoms with Crippen LogP contribution in [-0.2, 0) is 0 Å². The van der Waals surface area contributed by atoms with E-state index in [-0.39, 0.29) is 0 Å². The van der Waals surface area contributed by atoms with Gasteiger partial charge in [0.25, 0.3) is 0 Å². The van der Waals surface area contributed by atoms with Crippen molar-refractivity contribution >= 4 is 59.9 Å². The molecule has 0 saturated carbocycles. The van der Waals surface area contributed by atoms with Gasteiger partial charge in [0.05, 0.1) is 39.0 Å². The van der Waals surface area contributed by atoms with Gasteiger partial charge in [0.15, 0.2) is 0 Å². The van der Waals surface area contributed by atoms with Crippen LogP contribution in [0, 0.1) is 0 Å². The largest absolute Gasteiger partial charge is 0.309 e. The van der Waals surface area contributed by atoms with Gasteiger partial charge in [-0.05, 0) is 65.0 Å². The number of pyridine rings is 2. The van der Waals surface area contributed by atoms with Crippen LogP contribution < -0.4 is 0 Å². The second-order valence-electron chi connectivity index (χ2n) is 13.6. The predicted octanol–water partition coefficient (Wildman–Crippen LogP) is 12.9. The maximum absolute atomic E-state index is 5.28. The first-order valence-corrected chi connectivity index (χ1v) is 17.8. The molecule has 52 heavy (non-hydrogen) atoms. The molecule has 0 aliphatic carbocycles. The van der Waals surface area contributed by atoms with Crippen LogP contribution in [0.25, 0.3) is 99.2 Å². The molecule has 0 bridgehead atoms. The summed E-state index contributed by atoms with van der Waals surface area (Å²) < 4.78 is 4.93. The Morgan fingerprint density at radius 3 is 1.73 bits per heavy atom. The molecule has 3 nitrogen and oxygen atoms in total. The first-order valence-electron chi connectivity index (χ1n) is 17.8. The lowest BCUT2D eigenvalue weighted by Crippen LogP contribution is -1.98. The molecule has 242 valence electrons. The number of benzene rings is 7. The average molecular weight is 662 g/mol. The normalized spacial score (nSPS) is 11.8. The summed E-state index contributed by atoms with van der Waals surface area (Å²) in [5, 5.41) is 7.47. The predicted molar refractivity (Wildman–Crippen MR) is 218 cm³/mol. The minimum Gasteiger partial charge on any atom is -0.309 e. The van der Waals surface area contributed by atoms with Crippen molar-refractivity contribution in [3.63, 3.8) is 0 Å². The van der Waals surface area contributed by atoms with Crippen molar-refractivity contribution < 1.29 is 0 Å². The molecular formula is C49H31N3. The van der Waals surface area contributed by atoms with E-state index in [0.717, 1.165) is 33.8 Å². The van der Waals surface area contributed by atoms with Gasteiger partial charge in [-0.3, -0.25) is 0 Å². The molecule has 0 radical (unpaired) electrons. The van der Waals surface area contributed by atoms with Crippen LogP contribution in [0.4, 0.5) is 0 Å². The minimum absolute atomic E-state index is 0.943. The van der Waals surface area contributed by atoms with Gasteiger partial charge in [0.2, 0.25) is 0 Å². The fourth-order valence-corrected chi connectivity index (χ4v) is 8.34. The molecule has 0 saturated heterocycles. The van der Waals surface area contributed by atoms with E-state index in [2.05, 4.69) is 197 Å². The van der Waals surface area contributed by atoms with Gasteiger partial charge in [-0.2, -0.15) is 0 Å². The summed E-state index contributed by atoms with van der Waals surface area (Å²) in [7, 11) is 0. The number of hydrogen-bond acceptors (Lipinski definition) is 1. The summed E-state index contributed by atoms with van der Waals surface area (Å²) in [6.45, 7) is 0. The van der Waals surface area contributed by atoms with Gasteiger partial charge in [0.1, 0.15) is 0 Å². The second kappa shape index (κ2) is 11.3. The van der Waals surface area contributed by atoms with E-state index in [0.29, 0.717) is 0 Å². The van der Waals surface area contributed by atoms with E-state index in [1.165, 1.54) is 65.5 Å². The van der Waals surface area contributed by atoms with Crippen LogP contribution in [0.3, 0.4) is 0 Å². The van der Waals surface area contributed by atoms with Crippen molar-refractivity contribution in [3.8, 4) is 39.3 Å². The highest BCUT2D eigenvalue weighted by molar-refractivity contribution is 6.28. The fourth-order valence-electron chi connectivity index (χ4n) is 8.34. The summed E-state index contributed by atoms with van der Waals surface area (Å²) >= 11 is 0. The van der Waals surface area contributed by atoms with Gasteiger partial charge in [-0.1, -0.05) is 140 Å². The third-order valence-electron chi connectivity index (χ3n) is 10.6. The zero-order valence-electron chi connectivity index (χ0n) is 28.2. The maximum atomic E-state index is 5.28. The number of rotatable bonds is 4. The lowest BCUT2D eigenvalue weighted by atomic mass is 9.99. The Hall–Kier alpha value is -6.97. The molecule has 0 amide bonds. The van der Waals surface area contributed by atoms with Gasteiger partial charge in [0, 0.05) is 43.7 Å². The second-order valence-corrected chi connectivity index (χ2v) is 13.6. The first kappa shape index (κ1) is 28.8. The summed E-state index contributed by atoms with van der Waals surface area (Å²) in [6.07, 6.45) is 0. The Kier molecular flexibility index (Phi) is 6.25. The highest BCUT2D eigenvalue weighted by Gasteiger charge is 2.20. The van der Waals surface area contributed by atoms with E-state index in [1.54, 1.807) is 0 Å². The molecule has 11 rings (SSSR count). The van der Waals surface area contributed by atoms with Crippen molar-refractivity contribution in [2.45, 2.75) is 0 Å². The van der Waals surface area contributed by atoms with Crippen molar-refractivity contribution in [2.75, 3.05) is 0 Å². The van der Waals surface area contributed by atoms with Crippen molar-refractivity contribution in [3.05, 3.63) is 188 Å². The van der Waals surface area contributed by atoms with E-state index >= 15 is 0 Å². The van der Waals surface area contributed by atoms with Gasteiger partial charge in [-0.25, -0.2) is 4.98 Å². The Morgan fingerprint density at radius 2 is 0.942 bits per heavy atom. The molecule has 0 N–H and O–H groups in total. The topological polar surface area (TPSA) is 22.2 Å². The molecule has 0 unspecified atom stereocenters. The molecule has 4 aromatic heterocycles. The Bertz CT molecular complexity index is 3110. The Labute approximate surface area is 300 Å². The van der Waals surface area contributed by atoms with Crippen molar-refractivity contribution in [1.82, 2.24) is 14.0 Å². The average Bonchev–Trinajstić information content (AvgIpc) is 3.78. The van der Waals surface area contributed by atoms with Crippen LogP contribution in [0.5, 0.6) is 0 Å². The maximum Gasteiger partial charge on any atom is 0.0716 e. The Morgan fingerprint density at radius 1 is 0.346 bits per heavy atom. The SMILES string of the molecule is c1ccc(-c2cc(-c3ccccc3)nc(-c3cccc(-n4c5ccccc5c5ccc6c7ccccc7n7c8ccccc8cc7c6c54)c3)c2)cc1. The molecule has 4 heterocycles. The summed E-state index contributed by atoms with van der Waals surface area (Å²) in [4.78, 5) is 5.28. The standard InChI is InChI=1S/C49H31N3/c1-3-14-32(15-4-1)36-29-42(33-16-5-2-6-17-33)50-43(30-36)34-19-13-20-37(28-34)51-45-24-11-9-22-39(45)41-27-26-40-38-21-8-12-25-46(38)52-44-23-10-7-18-35(44)31-47(52)48(40)49(41)51/h1-31H. The van der Waals surface area contributed by atoms with Crippen LogP contribution in [0.15, 0.2) is 188 Å². The quantitative estimate of drug-likeness (QED) is 0.172. The van der Waals surface area contributed by atoms with Crippen molar-refractivity contribution in [2.24, 2.45) is 0 Å². The highest BCUT2D eigenvalue weighted by Crippen LogP contribution is 2.43. The summed E-state index contributed by atoms with van der Waals surface area (Å²) in [6, 6.07) is 67.8. The van der Waals surface area contributed by atoms with E-state index in [1.807, 2.05) is 0 Å². The van der Waals surface area contributed by atoms with Crippen LogP contribution in [-0.4, -0.2) is 14.0 Å². The van der Waals surface area contributed by atoms with Gasteiger partial charge in [-0.15, -0.1) is 0 Å². The smallest absolute Gasteiger partial charge is 0.0716 e. The number of nitrogens with zero attached hydrogens (tertiary/aromatic N) is 3. The minimum atomic E-state index is 0.943. The summed E-state index contributed by atoms with van der Waals surface area (Å²) in [5.74, 6) is 0. The number of fused-ring (bicyclic) bond motifs is 12. The molecular weight excluding hydrogens is 631 g/mol. The van der Waals surface area contributed by atoms with E-state index in [4.69, 9.17) is 4.98 Å². The van der Waals surface area contributed by atoms with Gasteiger partial charge < -0.3 is 8.97 Å². The molecule has 0 atom stereocenters. The molecule has 7 aromatic carbocycles. The molecule has 11 aromatic rings. The molecule has 0 aliphatic rings. The van der Waals surface area contributed by atoms with Crippen LogP contribution in [0.2, 0.25) is 0 Å². The highest BCUT2D eigenvalue weighted by atomic mass is 15.0. The zero-order valence-corrected chi connectivity index (χ0v) is 28.2. The summed E-state index contributed by atoms with van der Waals surface area (Å²) in [5.41, 5.74) is 13.5. The van der Waals surface area contributed by atoms with Gasteiger partial charge >= 0.3 is 0 Å². The number of hydrogen-bond donors (Lipinski definition) is 0. The van der Waals surface area contributed by atoms with Crippen molar-refractivity contribution in [1.29, 1.82) is 0 Å². The Balaban J connectivity index is 1.23. The number of para-hydroxylation sites is 3. The molecule has 0 spiro atoms. The molecule has 0 aliphatic heterocycles.